The van der Waals surface area contributed by atoms with Crippen LogP contribution in [0.25, 0.3) is 5.65 Å². The molecule has 4 heterocycles. The first kappa shape index (κ1) is 32.3. The van der Waals surface area contributed by atoms with Crippen LogP contribution in [0.2, 0.25) is 0 Å². The lowest BCUT2D eigenvalue weighted by Gasteiger charge is -2.26. The fourth-order valence-electron chi connectivity index (χ4n) is 5.46. The maximum absolute atomic E-state index is 13.8. The number of carbonyl (C=O) groups excluding carboxylic acids is 4. The molecule has 0 unspecified atom stereocenters. The summed E-state index contributed by atoms with van der Waals surface area (Å²) >= 11 is 0. The largest absolute Gasteiger partial charge is 0.354 e. The van der Waals surface area contributed by atoms with Gasteiger partial charge < -0.3 is 20.9 Å². The molecule has 0 spiro atoms. The van der Waals surface area contributed by atoms with E-state index in [1.54, 1.807) is 36.4 Å². The van der Waals surface area contributed by atoms with Crippen LogP contribution in [0.15, 0.2) is 54.9 Å². The van der Waals surface area contributed by atoms with Crippen molar-refractivity contribution in [2.45, 2.75) is 65.1 Å². The number of hydrogen-bond donors (Lipinski definition) is 3. The Morgan fingerprint density at radius 1 is 1.00 bits per heavy atom. The molecule has 0 aliphatic carbocycles. The zero-order valence-corrected chi connectivity index (χ0v) is 26.3. The van der Waals surface area contributed by atoms with Crippen LogP contribution in [0, 0.1) is 12.8 Å². The molecule has 2 atom stereocenters. The zero-order chi connectivity index (χ0) is 32.6. The molecule has 5 rings (SSSR count). The SMILES string of the molecule is Cc1nc2n(n1)CC(=O)NCCCN(C(=O)c1cc3ncccn3n1)CCCC(=O)N[C@H](Cc1ccccc1)C(=O)N[C@H]2C(C)C. The summed E-state index contributed by atoms with van der Waals surface area (Å²) in [5, 5.41) is 17.7. The van der Waals surface area contributed by atoms with Gasteiger partial charge in [-0.15, -0.1) is 0 Å². The van der Waals surface area contributed by atoms with E-state index in [0.717, 1.165) is 5.56 Å². The zero-order valence-electron chi connectivity index (χ0n) is 26.3. The lowest BCUT2D eigenvalue weighted by Crippen LogP contribution is -2.50. The lowest BCUT2D eigenvalue weighted by atomic mass is 10.0. The highest BCUT2D eigenvalue weighted by Gasteiger charge is 2.30. The maximum Gasteiger partial charge on any atom is 0.274 e. The Morgan fingerprint density at radius 3 is 2.54 bits per heavy atom. The summed E-state index contributed by atoms with van der Waals surface area (Å²) in [6.07, 6.45) is 4.58. The molecule has 14 heteroatoms. The van der Waals surface area contributed by atoms with Crippen LogP contribution in [0.5, 0.6) is 0 Å². The molecule has 242 valence electrons. The third-order valence-electron chi connectivity index (χ3n) is 7.78. The summed E-state index contributed by atoms with van der Waals surface area (Å²) in [5.41, 5.74) is 1.67. The van der Waals surface area contributed by atoms with Gasteiger partial charge in [-0.1, -0.05) is 44.2 Å². The highest BCUT2D eigenvalue weighted by Crippen LogP contribution is 2.21. The molecule has 1 aromatic carbocycles. The Labute approximate surface area is 267 Å². The Bertz CT molecular complexity index is 1650. The third-order valence-corrected chi connectivity index (χ3v) is 7.78. The van der Waals surface area contributed by atoms with Gasteiger partial charge in [0, 0.05) is 50.9 Å². The molecule has 3 aromatic heterocycles. The topological polar surface area (TPSA) is 169 Å². The molecule has 0 saturated heterocycles. The van der Waals surface area contributed by atoms with Crippen molar-refractivity contribution in [1.29, 1.82) is 0 Å². The van der Waals surface area contributed by atoms with Crippen molar-refractivity contribution in [3.05, 3.63) is 77.8 Å². The maximum atomic E-state index is 13.8. The van der Waals surface area contributed by atoms with Crippen LogP contribution in [0.1, 0.15) is 66.9 Å². The molecule has 1 aliphatic rings. The number of nitrogens with zero attached hydrogens (tertiary/aromatic N) is 7. The highest BCUT2D eigenvalue weighted by atomic mass is 16.2. The molecule has 14 nitrogen and oxygen atoms in total. The first-order chi connectivity index (χ1) is 22.2. The molecular weight excluding hydrogens is 588 g/mol. The van der Waals surface area contributed by atoms with E-state index in [2.05, 4.69) is 36.1 Å². The van der Waals surface area contributed by atoms with Gasteiger partial charge in [-0.05, 0) is 37.3 Å². The van der Waals surface area contributed by atoms with Crippen molar-refractivity contribution in [3.63, 3.8) is 0 Å². The first-order valence-electron chi connectivity index (χ1n) is 15.6. The molecule has 0 bridgehead atoms. The minimum atomic E-state index is -0.862. The summed E-state index contributed by atoms with van der Waals surface area (Å²) in [6.45, 7) is 6.49. The van der Waals surface area contributed by atoms with Gasteiger partial charge in [0.05, 0.1) is 6.04 Å². The second-order valence-corrected chi connectivity index (χ2v) is 11.8. The predicted molar refractivity (Wildman–Crippen MR) is 168 cm³/mol. The Morgan fingerprint density at radius 2 is 1.78 bits per heavy atom. The normalized spacial score (nSPS) is 19.1. The van der Waals surface area contributed by atoms with Crippen LogP contribution in [-0.2, 0) is 27.3 Å². The second-order valence-electron chi connectivity index (χ2n) is 11.8. The second kappa shape index (κ2) is 14.8. The van der Waals surface area contributed by atoms with Crippen LogP contribution in [0.4, 0.5) is 0 Å². The number of rotatable bonds is 4. The van der Waals surface area contributed by atoms with Crippen LogP contribution < -0.4 is 16.0 Å². The van der Waals surface area contributed by atoms with Gasteiger partial charge in [0.25, 0.3) is 5.91 Å². The standard InChI is InChI=1S/C32H40N10O4/c1-21(2)29-30-35-22(3)38-42(30)20-28(44)34-14-8-16-40(32(46)25-19-26-33-13-9-17-41(26)39-25)15-7-12-27(43)36-24(31(45)37-29)18-23-10-5-4-6-11-23/h4-6,9-11,13,17,19,21,24,29H,7-8,12,14-16,18,20H2,1-3H3,(H,34,44)(H,36,43)(H,37,45)/t24-,29+/m1/s1. The summed E-state index contributed by atoms with van der Waals surface area (Å²) in [5.74, 6) is -0.380. The minimum absolute atomic E-state index is 0.0831. The van der Waals surface area contributed by atoms with E-state index in [0.29, 0.717) is 43.2 Å². The average molecular weight is 629 g/mol. The minimum Gasteiger partial charge on any atom is -0.354 e. The fourth-order valence-corrected chi connectivity index (χ4v) is 5.46. The first-order valence-corrected chi connectivity index (χ1v) is 15.6. The monoisotopic (exact) mass is 628 g/mol. The van der Waals surface area contributed by atoms with Gasteiger partial charge in [-0.3, -0.25) is 19.2 Å². The summed E-state index contributed by atoms with van der Waals surface area (Å²) in [7, 11) is 0. The summed E-state index contributed by atoms with van der Waals surface area (Å²) in [4.78, 5) is 64.0. The van der Waals surface area contributed by atoms with E-state index in [4.69, 9.17) is 0 Å². The van der Waals surface area contributed by atoms with Crippen LogP contribution >= 0.6 is 0 Å². The van der Waals surface area contributed by atoms with E-state index < -0.39 is 12.1 Å². The van der Waals surface area contributed by atoms with Gasteiger partial charge in [0.2, 0.25) is 17.7 Å². The van der Waals surface area contributed by atoms with Gasteiger partial charge in [-0.25, -0.2) is 19.2 Å². The van der Waals surface area contributed by atoms with Crippen LogP contribution in [0.3, 0.4) is 0 Å². The van der Waals surface area contributed by atoms with Crippen molar-refractivity contribution in [3.8, 4) is 0 Å². The number of nitrogens with one attached hydrogen (secondary N) is 3. The van der Waals surface area contributed by atoms with Crippen molar-refractivity contribution in [1.82, 2.24) is 50.2 Å². The Kier molecular flexibility index (Phi) is 10.4. The third kappa shape index (κ3) is 8.11. The van der Waals surface area contributed by atoms with Crippen molar-refractivity contribution in [2.75, 3.05) is 19.6 Å². The molecule has 0 saturated carbocycles. The smallest absolute Gasteiger partial charge is 0.274 e. The molecule has 0 fully saturated rings. The quantitative estimate of drug-likeness (QED) is 0.306. The van der Waals surface area contributed by atoms with Crippen LogP contribution in [-0.4, -0.2) is 83.6 Å². The molecule has 3 N–H and O–H groups in total. The van der Waals surface area contributed by atoms with Crippen molar-refractivity contribution < 1.29 is 19.2 Å². The lowest BCUT2D eigenvalue weighted by molar-refractivity contribution is -0.129. The fraction of sp³-hybridized carbons (Fsp3) is 0.438. The van der Waals surface area contributed by atoms with Crippen molar-refractivity contribution in [2.24, 2.45) is 5.92 Å². The molecule has 4 aromatic rings. The molecule has 1 aliphatic heterocycles. The van der Waals surface area contributed by atoms with Crippen molar-refractivity contribution >= 4 is 29.3 Å². The number of fused-ring (bicyclic) bond motifs is 2. The van der Waals surface area contributed by atoms with E-state index >= 15 is 0 Å². The number of amides is 4. The molecule has 46 heavy (non-hydrogen) atoms. The molecule has 0 radical (unpaired) electrons. The average Bonchev–Trinajstić information content (AvgIpc) is 3.63. The van der Waals surface area contributed by atoms with Gasteiger partial charge in [-0.2, -0.15) is 10.2 Å². The molecule has 4 amide bonds. The number of carbonyl (C=O) groups is 4. The van der Waals surface area contributed by atoms with E-state index in [9.17, 15) is 19.2 Å². The summed E-state index contributed by atoms with van der Waals surface area (Å²) in [6, 6.07) is 11.4. The predicted octanol–water partition coefficient (Wildman–Crippen LogP) is 1.61. The number of benzene rings is 1. The number of aryl methyl sites for hydroxylation is 1. The number of aromatic nitrogens is 6. The van der Waals surface area contributed by atoms with Gasteiger partial charge in [0.1, 0.15) is 18.4 Å². The highest BCUT2D eigenvalue weighted by molar-refractivity contribution is 5.93. The Hall–Kier alpha value is -5.14. The molecular formula is C32H40N10O4. The van der Waals surface area contributed by atoms with E-state index in [1.165, 1.54) is 9.20 Å². The summed E-state index contributed by atoms with van der Waals surface area (Å²) < 4.78 is 3.04. The number of hydrogen-bond acceptors (Lipinski definition) is 8. The Balaban J connectivity index is 1.40. The van der Waals surface area contributed by atoms with E-state index in [1.807, 2.05) is 44.2 Å². The van der Waals surface area contributed by atoms with Gasteiger partial charge in [0.15, 0.2) is 17.2 Å². The van der Waals surface area contributed by atoms with E-state index in [-0.39, 0.29) is 61.2 Å². The van der Waals surface area contributed by atoms with Gasteiger partial charge >= 0.3 is 0 Å².